The van der Waals surface area contributed by atoms with E-state index in [9.17, 15) is 4.79 Å². The minimum absolute atomic E-state index is 0.00510. The lowest BCUT2D eigenvalue weighted by atomic mass is 9.95. The molecule has 3 rings (SSSR count). The zero-order valence-corrected chi connectivity index (χ0v) is 15.7. The van der Waals surface area contributed by atoms with Crippen molar-refractivity contribution in [2.24, 2.45) is 0 Å². The van der Waals surface area contributed by atoms with Crippen LogP contribution in [0.5, 0.6) is 23.0 Å². The van der Waals surface area contributed by atoms with Crippen molar-refractivity contribution in [2.45, 2.75) is 12.5 Å². The number of halogens is 1. The molecular weight excluding hydrogens is 423 g/mol. The first-order valence-corrected chi connectivity index (χ1v) is 8.45. The van der Waals surface area contributed by atoms with Crippen LogP contribution < -0.4 is 18.9 Å². The maximum Gasteiger partial charge on any atom is 0.174 e. The monoisotopic (exact) mass is 440 g/mol. The molecule has 0 unspecified atom stereocenters. The Balaban J connectivity index is 2.03. The lowest BCUT2D eigenvalue weighted by Gasteiger charge is -2.28. The maximum absolute atomic E-state index is 12.7. The van der Waals surface area contributed by atoms with E-state index in [0.717, 1.165) is 14.9 Å². The average Bonchev–Trinajstić information content (AvgIpc) is 2.62. The Morgan fingerprint density at radius 1 is 1.04 bits per heavy atom. The minimum Gasteiger partial charge on any atom is -0.497 e. The molecule has 0 amide bonds. The van der Waals surface area contributed by atoms with Crippen LogP contribution in [-0.4, -0.2) is 27.1 Å². The summed E-state index contributed by atoms with van der Waals surface area (Å²) in [6, 6.07) is 9.25. The van der Waals surface area contributed by atoms with E-state index in [1.807, 2.05) is 24.3 Å². The Morgan fingerprint density at radius 3 is 2.29 bits per heavy atom. The fraction of sp³-hybridized carbons (Fsp3) is 0.278. The molecule has 0 aromatic heterocycles. The summed E-state index contributed by atoms with van der Waals surface area (Å²) in [5.74, 6) is 2.37. The topological polar surface area (TPSA) is 54.0 Å². The lowest BCUT2D eigenvalue weighted by Crippen LogP contribution is -2.22. The number of Topliss-reactive ketones (excluding diaryl/α,β-unsaturated/α-hetero) is 1. The quantitative estimate of drug-likeness (QED) is 0.673. The molecule has 2 aromatic rings. The highest BCUT2D eigenvalue weighted by Gasteiger charge is 2.33. The summed E-state index contributed by atoms with van der Waals surface area (Å²) in [6.07, 6.45) is -0.0841. The lowest BCUT2D eigenvalue weighted by molar-refractivity contribution is 0.0842. The van der Waals surface area contributed by atoms with Crippen molar-refractivity contribution in [3.05, 3.63) is 45.0 Å². The first-order chi connectivity index (χ1) is 11.6. The van der Waals surface area contributed by atoms with E-state index in [0.29, 0.717) is 22.8 Å². The molecular formula is C18H17IO5. The van der Waals surface area contributed by atoms with E-state index in [1.165, 1.54) is 7.11 Å². The molecule has 0 aliphatic carbocycles. The molecule has 2 aromatic carbocycles. The number of carbonyl (C=O) groups is 1. The van der Waals surface area contributed by atoms with Crippen molar-refractivity contribution in [3.8, 4) is 23.0 Å². The predicted octanol–water partition coefficient (Wildman–Crippen LogP) is 4.02. The summed E-state index contributed by atoms with van der Waals surface area (Å²) >= 11 is 2.13. The van der Waals surface area contributed by atoms with Gasteiger partial charge in [0.15, 0.2) is 11.5 Å². The zero-order chi connectivity index (χ0) is 17.3. The van der Waals surface area contributed by atoms with Crippen molar-refractivity contribution >= 4 is 28.4 Å². The SMILES string of the molecule is COc1ccc([C@H]2CC(=O)c3c(OC)cc(OC)c(I)c3O2)cc1. The van der Waals surface area contributed by atoms with E-state index in [4.69, 9.17) is 18.9 Å². The summed E-state index contributed by atoms with van der Waals surface area (Å²) in [5, 5.41) is 0. The first-order valence-electron chi connectivity index (χ1n) is 7.37. The highest BCUT2D eigenvalue weighted by molar-refractivity contribution is 14.1. The van der Waals surface area contributed by atoms with Crippen LogP contribution in [0.4, 0.5) is 0 Å². The average molecular weight is 440 g/mol. The van der Waals surface area contributed by atoms with Crippen molar-refractivity contribution in [3.63, 3.8) is 0 Å². The van der Waals surface area contributed by atoms with Gasteiger partial charge < -0.3 is 18.9 Å². The van der Waals surface area contributed by atoms with Gasteiger partial charge in [0.1, 0.15) is 28.9 Å². The van der Waals surface area contributed by atoms with Crippen molar-refractivity contribution in [1.29, 1.82) is 0 Å². The number of ketones is 1. The number of benzene rings is 2. The number of ether oxygens (including phenoxy) is 4. The molecule has 0 saturated carbocycles. The normalized spacial score (nSPS) is 16.2. The Morgan fingerprint density at radius 2 is 1.71 bits per heavy atom. The maximum atomic E-state index is 12.7. The molecule has 5 nitrogen and oxygen atoms in total. The standard InChI is InChI=1S/C18H17IO5/c1-21-11-6-4-10(5-7-11)13-8-12(20)16-14(22-2)9-15(23-3)17(19)18(16)24-13/h4-7,9,13H,8H2,1-3H3/t13-/m1/s1. The minimum atomic E-state index is -0.346. The summed E-state index contributed by atoms with van der Waals surface area (Å²) in [5.41, 5.74) is 1.40. The Hall–Kier alpha value is -1.96. The van der Waals surface area contributed by atoms with Gasteiger partial charge in [-0.2, -0.15) is 0 Å². The zero-order valence-electron chi connectivity index (χ0n) is 13.6. The Labute approximate surface area is 154 Å². The van der Waals surface area contributed by atoms with Crippen molar-refractivity contribution in [2.75, 3.05) is 21.3 Å². The number of methoxy groups -OCH3 is 3. The molecule has 0 fully saturated rings. The third kappa shape index (κ3) is 2.90. The van der Waals surface area contributed by atoms with Crippen LogP contribution in [0.25, 0.3) is 0 Å². The second kappa shape index (κ2) is 6.88. The van der Waals surface area contributed by atoms with E-state index in [2.05, 4.69) is 22.6 Å². The predicted molar refractivity (Wildman–Crippen MR) is 97.6 cm³/mol. The first kappa shape index (κ1) is 16.9. The van der Waals surface area contributed by atoms with Crippen LogP contribution in [0.1, 0.15) is 28.4 Å². The molecule has 126 valence electrons. The fourth-order valence-corrected chi connectivity index (χ4v) is 3.50. The van der Waals surface area contributed by atoms with Crippen LogP contribution in [0.3, 0.4) is 0 Å². The van der Waals surface area contributed by atoms with Gasteiger partial charge in [-0.1, -0.05) is 12.1 Å². The molecule has 0 radical (unpaired) electrons. The Bertz CT molecular complexity index is 770. The van der Waals surface area contributed by atoms with E-state index in [1.54, 1.807) is 20.3 Å². The van der Waals surface area contributed by atoms with Gasteiger partial charge in [0.05, 0.1) is 31.3 Å². The Kier molecular flexibility index (Phi) is 4.84. The van der Waals surface area contributed by atoms with E-state index >= 15 is 0 Å². The molecule has 1 aliphatic rings. The van der Waals surface area contributed by atoms with Crippen LogP contribution in [0, 0.1) is 3.57 Å². The fourth-order valence-electron chi connectivity index (χ4n) is 2.73. The summed E-state index contributed by atoms with van der Waals surface area (Å²) in [4.78, 5) is 12.7. The number of carbonyl (C=O) groups excluding carboxylic acids is 1. The van der Waals surface area contributed by atoms with Gasteiger partial charge in [-0.3, -0.25) is 4.79 Å². The molecule has 0 N–H and O–H groups in total. The second-order valence-corrected chi connectivity index (χ2v) is 6.38. The van der Waals surface area contributed by atoms with Gasteiger partial charge >= 0.3 is 0 Å². The molecule has 6 heteroatoms. The van der Waals surface area contributed by atoms with Gasteiger partial charge in [-0.05, 0) is 40.3 Å². The molecule has 0 spiro atoms. The van der Waals surface area contributed by atoms with E-state index < -0.39 is 0 Å². The number of hydrogen-bond donors (Lipinski definition) is 0. The highest BCUT2D eigenvalue weighted by atomic mass is 127. The molecule has 0 bridgehead atoms. The van der Waals surface area contributed by atoms with Crippen molar-refractivity contribution < 1.29 is 23.7 Å². The second-order valence-electron chi connectivity index (χ2n) is 5.31. The van der Waals surface area contributed by atoms with Gasteiger partial charge in [0.2, 0.25) is 0 Å². The van der Waals surface area contributed by atoms with Crippen LogP contribution in [0.15, 0.2) is 30.3 Å². The summed E-state index contributed by atoms with van der Waals surface area (Å²) < 4.78 is 22.8. The van der Waals surface area contributed by atoms with Gasteiger partial charge in [0.25, 0.3) is 0 Å². The van der Waals surface area contributed by atoms with Crippen LogP contribution in [0.2, 0.25) is 0 Å². The third-order valence-electron chi connectivity index (χ3n) is 3.99. The largest absolute Gasteiger partial charge is 0.497 e. The van der Waals surface area contributed by atoms with Gasteiger partial charge in [-0.25, -0.2) is 0 Å². The van der Waals surface area contributed by atoms with Crippen LogP contribution in [-0.2, 0) is 0 Å². The van der Waals surface area contributed by atoms with Crippen molar-refractivity contribution in [1.82, 2.24) is 0 Å². The number of rotatable bonds is 4. The molecule has 1 aliphatic heterocycles. The summed E-state index contributed by atoms with van der Waals surface area (Å²) in [7, 11) is 4.73. The number of hydrogen-bond acceptors (Lipinski definition) is 5. The summed E-state index contributed by atoms with van der Waals surface area (Å²) in [6.45, 7) is 0. The number of fused-ring (bicyclic) bond motifs is 1. The van der Waals surface area contributed by atoms with E-state index in [-0.39, 0.29) is 18.3 Å². The smallest absolute Gasteiger partial charge is 0.174 e. The van der Waals surface area contributed by atoms with Crippen LogP contribution >= 0.6 is 22.6 Å². The van der Waals surface area contributed by atoms with Gasteiger partial charge in [-0.15, -0.1) is 0 Å². The molecule has 24 heavy (non-hydrogen) atoms. The molecule has 0 saturated heterocycles. The van der Waals surface area contributed by atoms with Gasteiger partial charge in [0, 0.05) is 6.07 Å². The third-order valence-corrected chi connectivity index (χ3v) is 5.01. The molecule has 1 heterocycles. The molecule has 1 atom stereocenters. The highest BCUT2D eigenvalue weighted by Crippen LogP contribution is 2.46.